The molecule has 3 rings (SSSR count). The summed E-state index contributed by atoms with van der Waals surface area (Å²) in [6.07, 6.45) is 0. The highest BCUT2D eigenvalue weighted by Gasteiger charge is 2.10. The Morgan fingerprint density at radius 1 is 1.35 bits per heavy atom. The van der Waals surface area contributed by atoms with Crippen LogP contribution in [0.5, 0.6) is 0 Å². The Kier molecular flexibility index (Phi) is 5.04. The first-order chi connectivity index (χ1) is 11.3. The minimum Gasteiger partial charge on any atom is -0.465 e. The van der Waals surface area contributed by atoms with Crippen LogP contribution in [0, 0.1) is 0 Å². The predicted molar refractivity (Wildman–Crippen MR) is 88.6 cm³/mol. The van der Waals surface area contributed by atoms with Crippen LogP contribution in [0.1, 0.15) is 20.8 Å². The van der Waals surface area contributed by atoms with E-state index in [1.54, 1.807) is 22.1 Å². The summed E-state index contributed by atoms with van der Waals surface area (Å²) in [7, 11) is 1.38. The van der Waals surface area contributed by atoms with Crippen LogP contribution < -0.4 is 0 Å². The number of carbonyl (C=O) groups is 1. The molecule has 0 amide bonds. The molecule has 2 heterocycles. The van der Waals surface area contributed by atoms with Crippen LogP contribution in [0.15, 0.2) is 46.9 Å². The average molecular weight is 346 g/mol. The molecule has 6 nitrogen and oxygen atoms in total. The molecule has 0 fully saturated rings. The van der Waals surface area contributed by atoms with Crippen molar-refractivity contribution in [2.45, 2.75) is 17.5 Å². The molecular formula is C15H14N4O2S2. The van der Waals surface area contributed by atoms with Gasteiger partial charge in [-0.1, -0.05) is 30.0 Å². The molecule has 0 saturated heterocycles. The number of nitrogens with zero attached hydrogens (tertiary/aromatic N) is 4. The zero-order valence-electron chi connectivity index (χ0n) is 12.4. The van der Waals surface area contributed by atoms with Crippen molar-refractivity contribution in [3.05, 3.63) is 57.8 Å². The third kappa shape index (κ3) is 3.96. The fourth-order valence-corrected chi connectivity index (χ4v) is 3.51. The number of aromatic nitrogens is 4. The van der Waals surface area contributed by atoms with Crippen LogP contribution in [0.3, 0.4) is 0 Å². The fraction of sp³-hybridized carbons (Fsp3) is 0.200. The maximum absolute atomic E-state index is 11.6. The van der Waals surface area contributed by atoms with Gasteiger partial charge < -0.3 is 4.74 Å². The number of methoxy groups -OCH3 is 1. The summed E-state index contributed by atoms with van der Waals surface area (Å²) >= 11 is 3.21. The van der Waals surface area contributed by atoms with Gasteiger partial charge in [-0.2, -0.15) is 0 Å². The summed E-state index contributed by atoms with van der Waals surface area (Å²) in [5, 5.41) is 14.6. The average Bonchev–Trinajstić information content (AvgIpc) is 3.25. The van der Waals surface area contributed by atoms with Gasteiger partial charge in [-0.3, -0.25) is 0 Å². The molecule has 0 atom stereocenters. The van der Waals surface area contributed by atoms with Gasteiger partial charge in [-0.25, -0.2) is 9.48 Å². The van der Waals surface area contributed by atoms with Gasteiger partial charge in [0.25, 0.3) is 0 Å². The van der Waals surface area contributed by atoms with Crippen LogP contribution in [0.2, 0.25) is 0 Å². The summed E-state index contributed by atoms with van der Waals surface area (Å²) in [4.78, 5) is 12.8. The van der Waals surface area contributed by atoms with E-state index >= 15 is 0 Å². The summed E-state index contributed by atoms with van der Waals surface area (Å²) in [5.74, 6) is 0.342. The first kappa shape index (κ1) is 15.7. The van der Waals surface area contributed by atoms with E-state index in [0.717, 1.165) is 10.7 Å². The van der Waals surface area contributed by atoms with Crippen LogP contribution in [-0.4, -0.2) is 33.3 Å². The lowest BCUT2D eigenvalue weighted by atomic mass is 10.1. The number of hydrogen-bond acceptors (Lipinski definition) is 7. The quantitative estimate of drug-likeness (QED) is 0.505. The second kappa shape index (κ2) is 7.38. The maximum Gasteiger partial charge on any atom is 0.337 e. The number of hydrogen-bond donors (Lipinski definition) is 0. The van der Waals surface area contributed by atoms with E-state index in [4.69, 9.17) is 4.74 Å². The molecule has 0 spiro atoms. The molecule has 0 aliphatic heterocycles. The van der Waals surface area contributed by atoms with Crippen molar-refractivity contribution in [1.82, 2.24) is 20.2 Å². The molecule has 8 heteroatoms. The lowest BCUT2D eigenvalue weighted by Crippen LogP contribution is -2.03. The minimum atomic E-state index is -0.334. The first-order valence-electron chi connectivity index (χ1n) is 6.85. The number of thioether (sulfide) groups is 1. The Hall–Kier alpha value is -2.19. The van der Waals surface area contributed by atoms with Gasteiger partial charge in [0, 0.05) is 10.6 Å². The number of rotatable bonds is 6. The maximum atomic E-state index is 11.6. The molecule has 0 bridgehead atoms. The molecule has 0 saturated carbocycles. The van der Waals surface area contributed by atoms with Crippen molar-refractivity contribution >= 4 is 29.1 Å². The van der Waals surface area contributed by atoms with Crippen LogP contribution >= 0.6 is 23.1 Å². The van der Waals surface area contributed by atoms with Crippen molar-refractivity contribution in [3.8, 4) is 0 Å². The van der Waals surface area contributed by atoms with E-state index in [1.807, 2.05) is 29.6 Å². The van der Waals surface area contributed by atoms with Gasteiger partial charge in [-0.15, -0.1) is 16.4 Å². The Balaban J connectivity index is 1.67. The highest BCUT2D eigenvalue weighted by molar-refractivity contribution is 7.98. The van der Waals surface area contributed by atoms with Crippen molar-refractivity contribution < 1.29 is 9.53 Å². The monoisotopic (exact) mass is 346 g/mol. The molecule has 2 aromatic heterocycles. The fourth-order valence-electron chi connectivity index (χ4n) is 2.00. The van der Waals surface area contributed by atoms with Crippen LogP contribution in [0.4, 0.5) is 0 Å². The number of benzene rings is 1. The van der Waals surface area contributed by atoms with Gasteiger partial charge in [0.15, 0.2) is 0 Å². The van der Waals surface area contributed by atoms with Gasteiger partial charge in [0.1, 0.15) is 0 Å². The minimum absolute atomic E-state index is 0.334. The SMILES string of the molecule is COC(=O)c1cccc(CSc2nnnn2Cc2cccs2)c1. The topological polar surface area (TPSA) is 69.9 Å². The zero-order chi connectivity index (χ0) is 16.1. The van der Waals surface area contributed by atoms with Crippen molar-refractivity contribution in [3.63, 3.8) is 0 Å². The van der Waals surface area contributed by atoms with Crippen molar-refractivity contribution in [2.75, 3.05) is 7.11 Å². The number of thiophene rings is 1. The van der Waals surface area contributed by atoms with Gasteiger partial charge in [0.2, 0.25) is 5.16 Å². The number of tetrazole rings is 1. The van der Waals surface area contributed by atoms with E-state index in [-0.39, 0.29) is 5.97 Å². The highest BCUT2D eigenvalue weighted by atomic mass is 32.2. The normalized spacial score (nSPS) is 10.7. The molecule has 0 unspecified atom stereocenters. The third-order valence-electron chi connectivity index (χ3n) is 3.10. The van der Waals surface area contributed by atoms with E-state index in [9.17, 15) is 4.79 Å². The summed E-state index contributed by atoms with van der Waals surface area (Å²) in [5.41, 5.74) is 1.56. The van der Waals surface area contributed by atoms with E-state index in [0.29, 0.717) is 17.9 Å². The van der Waals surface area contributed by atoms with Crippen LogP contribution in [0.25, 0.3) is 0 Å². The Bertz CT molecular complexity index is 786. The van der Waals surface area contributed by atoms with Gasteiger partial charge >= 0.3 is 5.97 Å². The molecule has 23 heavy (non-hydrogen) atoms. The van der Waals surface area contributed by atoms with Gasteiger partial charge in [-0.05, 0) is 39.6 Å². The Morgan fingerprint density at radius 3 is 3.04 bits per heavy atom. The highest BCUT2D eigenvalue weighted by Crippen LogP contribution is 2.22. The summed E-state index contributed by atoms with van der Waals surface area (Å²) in [6.45, 7) is 0.662. The molecule has 0 radical (unpaired) electrons. The second-order valence-corrected chi connectivity index (χ2v) is 6.65. The van der Waals surface area contributed by atoms with E-state index in [1.165, 1.54) is 23.7 Å². The number of ether oxygens (including phenoxy) is 1. The standard InChI is InChI=1S/C15H14N4O2S2/c1-21-14(20)12-5-2-4-11(8-12)10-23-15-16-17-18-19(15)9-13-6-3-7-22-13/h2-8H,9-10H2,1H3. The smallest absolute Gasteiger partial charge is 0.337 e. The molecule has 0 aliphatic carbocycles. The molecule has 0 N–H and O–H groups in total. The number of carbonyl (C=O) groups excluding carboxylic acids is 1. The van der Waals surface area contributed by atoms with Crippen molar-refractivity contribution in [1.29, 1.82) is 0 Å². The summed E-state index contributed by atoms with van der Waals surface area (Å²) < 4.78 is 6.52. The molecule has 0 aliphatic rings. The largest absolute Gasteiger partial charge is 0.465 e. The molecule has 3 aromatic rings. The molecule has 1 aromatic carbocycles. The predicted octanol–water partition coefficient (Wildman–Crippen LogP) is 2.86. The number of esters is 1. The lowest BCUT2D eigenvalue weighted by Gasteiger charge is -2.05. The van der Waals surface area contributed by atoms with Gasteiger partial charge in [0.05, 0.1) is 19.2 Å². The van der Waals surface area contributed by atoms with Crippen molar-refractivity contribution in [2.24, 2.45) is 0 Å². The van der Waals surface area contributed by atoms with E-state index in [2.05, 4.69) is 21.6 Å². The zero-order valence-corrected chi connectivity index (χ0v) is 14.0. The summed E-state index contributed by atoms with van der Waals surface area (Å²) in [6, 6.07) is 11.4. The lowest BCUT2D eigenvalue weighted by molar-refractivity contribution is 0.0600. The molecular weight excluding hydrogens is 332 g/mol. The Morgan fingerprint density at radius 2 is 2.26 bits per heavy atom. The molecule has 118 valence electrons. The third-order valence-corrected chi connectivity index (χ3v) is 4.99. The first-order valence-corrected chi connectivity index (χ1v) is 8.71. The second-order valence-electron chi connectivity index (χ2n) is 4.68. The van der Waals surface area contributed by atoms with Crippen LogP contribution in [-0.2, 0) is 17.0 Å². The van der Waals surface area contributed by atoms with E-state index < -0.39 is 0 Å². The Labute approximate surface area is 141 Å².